The summed E-state index contributed by atoms with van der Waals surface area (Å²) in [5, 5.41) is 0. The predicted molar refractivity (Wildman–Crippen MR) is 82.1 cm³/mol. The molecule has 0 aromatic heterocycles. The Kier molecular flexibility index (Phi) is 7.49. The van der Waals surface area contributed by atoms with Crippen molar-refractivity contribution in [3.63, 3.8) is 0 Å². The smallest absolute Gasteiger partial charge is 0.323 e. The van der Waals surface area contributed by atoms with E-state index in [4.69, 9.17) is 0 Å². The number of thioether (sulfide) groups is 1. The van der Waals surface area contributed by atoms with Gasteiger partial charge in [-0.25, -0.2) is 4.39 Å². The van der Waals surface area contributed by atoms with E-state index in [9.17, 15) is 35.4 Å². The highest BCUT2D eigenvalue weighted by Gasteiger charge is 2.34. The Balaban J connectivity index is 3.01. The maximum Gasteiger partial charge on any atom is 0.446 e. The summed E-state index contributed by atoms with van der Waals surface area (Å²) in [6.07, 6.45) is -1.28. The van der Waals surface area contributed by atoms with Crippen molar-refractivity contribution >= 4 is 29.5 Å². The lowest BCUT2D eigenvalue weighted by molar-refractivity contribution is -0.0329. The highest BCUT2D eigenvalue weighted by molar-refractivity contribution is 8.00. The van der Waals surface area contributed by atoms with Crippen LogP contribution >= 0.6 is 19.4 Å². The molecule has 1 aromatic carbocycles. The molecule has 1 atom stereocenters. The zero-order valence-corrected chi connectivity index (χ0v) is 15.5. The lowest BCUT2D eigenvalue weighted by Gasteiger charge is -2.15. The minimum atomic E-state index is -4.87. The summed E-state index contributed by atoms with van der Waals surface area (Å²) in [6, 6.07) is 1.59. The number of hydrogen-bond acceptors (Lipinski definition) is 6. The largest absolute Gasteiger partial charge is 0.446 e. The average molecular weight is 426 g/mol. The first-order chi connectivity index (χ1) is 11.2. The standard InChI is InChI=1S/C12H15F4O6PS2/c1-8(2)6-21-23(17,18)7-22-25(19,20)11-4-3-9(13)5-10(11)24-12(14,15)16/h3-5,8H,6-7H2,1-2H3,(H,17,18). The molecule has 1 N–H and O–H groups in total. The Bertz CT molecular complexity index is 750. The number of rotatable bonds is 8. The summed E-state index contributed by atoms with van der Waals surface area (Å²) < 4.78 is 95.3. The fraction of sp³-hybridized carbons (Fsp3) is 0.500. The Morgan fingerprint density at radius 3 is 2.44 bits per heavy atom. The first-order valence-electron chi connectivity index (χ1n) is 6.63. The van der Waals surface area contributed by atoms with E-state index < -0.39 is 56.9 Å². The maximum absolute atomic E-state index is 13.1. The molecule has 0 spiro atoms. The molecule has 1 unspecified atom stereocenters. The molecule has 0 radical (unpaired) electrons. The Morgan fingerprint density at radius 1 is 1.32 bits per heavy atom. The van der Waals surface area contributed by atoms with Gasteiger partial charge in [0, 0.05) is 4.90 Å². The zero-order valence-electron chi connectivity index (χ0n) is 13.0. The van der Waals surface area contributed by atoms with Gasteiger partial charge in [0.25, 0.3) is 10.1 Å². The van der Waals surface area contributed by atoms with Crippen molar-refractivity contribution in [1.82, 2.24) is 0 Å². The van der Waals surface area contributed by atoms with Crippen LogP contribution < -0.4 is 0 Å². The molecule has 0 bridgehead atoms. The molecule has 0 aliphatic heterocycles. The molecule has 0 saturated carbocycles. The molecule has 25 heavy (non-hydrogen) atoms. The van der Waals surface area contributed by atoms with Gasteiger partial charge in [-0.15, -0.1) is 0 Å². The van der Waals surface area contributed by atoms with Gasteiger partial charge in [0.1, 0.15) is 10.7 Å². The van der Waals surface area contributed by atoms with Gasteiger partial charge in [0.05, 0.1) is 6.61 Å². The van der Waals surface area contributed by atoms with Crippen LogP contribution in [-0.2, 0) is 23.4 Å². The third kappa shape index (κ3) is 8.06. The van der Waals surface area contributed by atoms with Crippen LogP contribution in [0.4, 0.5) is 17.6 Å². The SMILES string of the molecule is CC(C)COP(=O)(O)COS(=O)(=O)c1ccc(F)cc1SC(F)(F)F. The predicted octanol–water partition coefficient (Wildman–Crippen LogP) is 3.96. The molecule has 0 amide bonds. The van der Waals surface area contributed by atoms with Crippen molar-refractivity contribution in [1.29, 1.82) is 0 Å². The summed E-state index contributed by atoms with van der Waals surface area (Å²) in [4.78, 5) is 7.54. The molecule has 1 aromatic rings. The van der Waals surface area contributed by atoms with Crippen LogP contribution in [0.5, 0.6) is 0 Å². The van der Waals surface area contributed by atoms with E-state index in [-0.39, 0.29) is 12.5 Å². The summed E-state index contributed by atoms with van der Waals surface area (Å²) in [6.45, 7) is 3.20. The number of alkyl halides is 3. The van der Waals surface area contributed by atoms with Gasteiger partial charge in [0.2, 0.25) is 0 Å². The molecule has 6 nitrogen and oxygen atoms in total. The van der Waals surface area contributed by atoms with E-state index in [1.54, 1.807) is 13.8 Å². The van der Waals surface area contributed by atoms with E-state index in [0.717, 1.165) is 0 Å². The van der Waals surface area contributed by atoms with Crippen molar-refractivity contribution < 1.29 is 44.1 Å². The summed E-state index contributed by atoms with van der Waals surface area (Å²) in [5.41, 5.74) is -4.87. The van der Waals surface area contributed by atoms with Crippen LogP contribution in [0.1, 0.15) is 13.8 Å². The maximum atomic E-state index is 13.1. The number of benzene rings is 1. The minimum Gasteiger partial charge on any atom is -0.323 e. The molecule has 1 rings (SSSR count). The van der Waals surface area contributed by atoms with Gasteiger partial charge in [0.15, 0.2) is 6.35 Å². The molecule has 0 saturated heterocycles. The second-order valence-corrected chi connectivity index (χ2v) is 9.65. The number of halogens is 4. The first-order valence-corrected chi connectivity index (χ1v) is 10.6. The molecular formula is C12H15F4O6PS2. The van der Waals surface area contributed by atoms with Gasteiger partial charge in [-0.2, -0.15) is 21.6 Å². The molecule has 0 aliphatic carbocycles. The van der Waals surface area contributed by atoms with Crippen molar-refractivity contribution in [2.24, 2.45) is 5.92 Å². The van der Waals surface area contributed by atoms with Crippen molar-refractivity contribution in [3.05, 3.63) is 24.0 Å². The Morgan fingerprint density at radius 2 is 1.92 bits per heavy atom. The average Bonchev–Trinajstić information content (AvgIpc) is 2.41. The van der Waals surface area contributed by atoms with E-state index in [1.807, 2.05) is 0 Å². The van der Waals surface area contributed by atoms with E-state index in [0.29, 0.717) is 18.2 Å². The van der Waals surface area contributed by atoms with Gasteiger partial charge in [-0.1, -0.05) is 13.8 Å². The van der Waals surface area contributed by atoms with Crippen molar-refractivity contribution in [2.75, 3.05) is 13.0 Å². The summed E-state index contributed by atoms with van der Waals surface area (Å²) in [5.74, 6) is -1.21. The van der Waals surface area contributed by atoms with Crippen LogP contribution in [-0.4, -0.2) is 31.8 Å². The third-order valence-corrected chi connectivity index (χ3v) is 5.81. The van der Waals surface area contributed by atoms with E-state index in [1.165, 1.54) is 0 Å². The van der Waals surface area contributed by atoms with E-state index >= 15 is 0 Å². The van der Waals surface area contributed by atoms with Crippen LogP contribution in [0.2, 0.25) is 0 Å². The second-order valence-electron chi connectivity index (χ2n) is 5.17. The monoisotopic (exact) mass is 426 g/mol. The fourth-order valence-electron chi connectivity index (χ4n) is 1.40. The molecular weight excluding hydrogens is 411 g/mol. The topological polar surface area (TPSA) is 89.9 Å². The second kappa shape index (κ2) is 8.36. The van der Waals surface area contributed by atoms with E-state index in [2.05, 4.69) is 8.71 Å². The Hall–Kier alpha value is -0.650. The van der Waals surface area contributed by atoms with Crippen LogP contribution in [0.15, 0.2) is 28.0 Å². The third-order valence-electron chi connectivity index (χ3n) is 2.38. The van der Waals surface area contributed by atoms with Gasteiger partial charge >= 0.3 is 13.1 Å². The molecule has 0 fully saturated rings. The lowest BCUT2D eigenvalue weighted by atomic mass is 10.2. The van der Waals surface area contributed by atoms with Crippen molar-refractivity contribution in [3.8, 4) is 0 Å². The van der Waals surface area contributed by atoms with Gasteiger partial charge in [-0.3, -0.25) is 8.75 Å². The summed E-state index contributed by atoms with van der Waals surface area (Å²) >= 11 is -0.846. The minimum absolute atomic E-state index is 0.121. The van der Waals surface area contributed by atoms with Crippen molar-refractivity contribution in [2.45, 2.75) is 29.1 Å². The zero-order chi connectivity index (χ0) is 19.5. The molecule has 13 heteroatoms. The fourth-order valence-corrected chi connectivity index (χ4v) is 4.78. The van der Waals surface area contributed by atoms with Crippen LogP contribution in [0.3, 0.4) is 0 Å². The highest BCUT2D eigenvalue weighted by Crippen LogP contribution is 2.44. The van der Waals surface area contributed by atoms with Crippen LogP contribution in [0.25, 0.3) is 0 Å². The highest BCUT2D eigenvalue weighted by atomic mass is 32.2. The molecule has 0 aliphatic rings. The number of hydrogen-bond donors (Lipinski definition) is 1. The van der Waals surface area contributed by atoms with Gasteiger partial charge in [-0.05, 0) is 35.9 Å². The van der Waals surface area contributed by atoms with Gasteiger partial charge < -0.3 is 9.42 Å². The quantitative estimate of drug-likeness (QED) is 0.291. The van der Waals surface area contributed by atoms with Crippen LogP contribution in [0, 0.1) is 11.7 Å². The first kappa shape index (κ1) is 22.4. The summed E-state index contributed by atoms with van der Waals surface area (Å²) in [7, 11) is -9.28. The normalized spacial score (nSPS) is 15.4. The molecule has 0 heterocycles. The lowest BCUT2D eigenvalue weighted by Crippen LogP contribution is -2.12. The molecule has 144 valence electrons. The Labute approximate surface area is 146 Å².